The van der Waals surface area contributed by atoms with Crippen LogP contribution in [-0.2, 0) is 4.74 Å². The molecule has 1 amide bonds. The number of hydrogen-bond acceptors (Lipinski definition) is 6. The third kappa shape index (κ3) is 6.29. The first-order chi connectivity index (χ1) is 18.3. The molecule has 1 unspecified atom stereocenters. The molecule has 5 rings (SSSR count). The number of fused-ring (bicyclic) bond motifs is 1. The van der Waals surface area contributed by atoms with Crippen LogP contribution in [0.4, 0.5) is 10.7 Å². The van der Waals surface area contributed by atoms with Crippen LogP contribution >= 0.6 is 0 Å². The lowest BCUT2D eigenvalue weighted by atomic mass is 9.88. The molecule has 1 saturated carbocycles. The Labute approximate surface area is 226 Å². The van der Waals surface area contributed by atoms with Gasteiger partial charge in [0.2, 0.25) is 5.95 Å². The summed E-state index contributed by atoms with van der Waals surface area (Å²) in [6, 6.07) is 8.63. The summed E-state index contributed by atoms with van der Waals surface area (Å²) in [6.45, 7) is 10.7. The van der Waals surface area contributed by atoms with Crippen LogP contribution in [0, 0.1) is 12.8 Å². The van der Waals surface area contributed by atoms with Gasteiger partial charge in [-0.3, -0.25) is 0 Å². The number of aromatic nitrogens is 3. The SMILES string of the molecule is Cc1cnc(N[C@@H]2CCCC(N(CC3CCNCC3)C(=O)OC(C)(C)C)C2)nc1-c1c[nH]c2ccccc12. The van der Waals surface area contributed by atoms with Gasteiger partial charge < -0.3 is 25.3 Å². The van der Waals surface area contributed by atoms with Gasteiger partial charge in [0.25, 0.3) is 0 Å². The van der Waals surface area contributed by atoms with Gasteiger partial charge in [-0.15, -0.1) is 0 Å². The number of aryl methyl sites for hydroxylation is 1. The van der Waals surface area contributed by atoms with Crippen LogP contribution < -0.4 is 10.6 Å². The fraction of sp³-hybridized carbons (Fsp3) is 0.567. The van der Waals surface area contributed by atoms with Crippen molar-refractivity contribution in [3.8, 4) is 11.3 Å². The first kappa shape index (κ1) is 26.5. The molecule has 8 heteroatoms. The number of amides is 1. The summed E-state index contributed by atoms with van der Waals surface area (Å²) >= 11 is 0. The number of carbonyl (C=O) groups excluding carboxylic acids is 1. The van der Waals surface area contributed by atoms with Gasteiger partial charge in [-0.1, -0.05) is 18.2 Å². The Bertz CT molecular complexity index is 1240. The van der Waals surface area contributed by atoms with Crippen molar-refractivity contribution in [2.24, 2.45) is 5.92 Å². The summed E-state index contributed by atoms with van der Waals surface area (Å²) in [5.41, 5.74) is 3.65. The highest BCUT2D eigenvalue weighted by molar-refractivity contribution is 5.95. The fourth-order valence-corrected chi connectivity index (χ4v) is 5.85. The average molecular weight is 519 g/mol. The second-order valence-electron chi connectivity index (χ2n) is 12.0. The van der Waals surface area contributed by atoms with Crippen molar-refractivity contribution in [1.82, 2.24) is 25.2 Å². The van der Waals surface area contributed by atoms with Crippen molar-refractivity contribution >= 4 is 22.9 Å². The van der Waals surface area contributed by atoms with Crippen molar-refractivity contribution in [1.29, 1.82) is 0 Å². The number of anilines is 1. The highest BCUT2D eigenvalue weighted by atomic mass is 16.6. The number of H-pyrrole nitrogens is 1. The average Bonchev–Trinajstić information content (AvgIpc) is 3.32. The monoisotopic (exact) mass is 518 g/mol. The number of para-hydroxylation sites is 1. The number of hydrogen-bond donors (Lipinski definition) is 3. The van der Waals surface area contributed by atoms with E-state index >= 15 is 0 Å². The predicted molar refractivity (Wildman–Crippen MR) is 152 cm³/mol. The normalized spacial score (nSPS) is 20.8. The molecule has 204 valence electrons. The van der Waals surface area contributed by atoms with E-state index in [0.717, 1.165) is 85.9 Å². The summed E-state index contributed by atoms with van der Waals surface area (Å²) in [4.78, 5) is 28.3. The molecule has 0 bridgehead atoms. The zero-order chi connectivity index (χ0) is 26.7. The van der Waals surface area contributed by atoms with Crippen molar-refractivity contribution in [2.45, 2.75) is 83.9 Å². The van der Waals surface area contributed by atoms with Gasteiger partial charge in [-0.05, 0) is 96.9 Å². The highest BCUT2D eigenvalue weighted by Crippen LogP contribution is 2.31. The largest absolute Gasteiger partial charge is 0.444 e. The third-order valence-corrected chi connectivity index (χ3v) is 7.78. The zero-order valence-electron chi connectivity index (χ0n) is 23.2. The van der Waals surface area contributed by atoms with Crippen molar-refractivity contribution in [2.75, 3.05) is 25.0 Å². The van der Waals surface area contributed by atoms with Crippen LogP contribution in [0.25, 0.3) is 22.2 Å². The summed E-state index contributed by atoms with van der Waals surface area (Å²) in [7, 11) is 0. The summed E-state index contributed by atoms with van der Waals surface area (Å²) in [5, 5.41) is 8.21. The van der Waals surface area contributed by atoms with Crippen LogP contribution in [-0.4, -0.2) is 63.3 Å². The van der Waals surface area contributed by atoms with E-state index in [0.29, 0.717) is 11.9 Å². The molecular formula is C30H42N6O2. The van der Waals surface area contributed by atoms with Gasteiger partial charge in [-0.25, -0.2) is 14.8 Å². The van der Waals surface area contributed by atoms with Gasteiger partial charge in [0.1, 0.15) is 5.60 Å². The lowest BCUT2D eigenvalue weighted by Gasteiger charge is -2.40. The second kappa shape index (κ2) is 11.3. The van der Waals surface area contributed by atoms with Gasteiger partial charge in [-0.2, -0.15) is 0 Å². The number of carbonyl (C=O) groups is 1. The van der Waals surface area contributed by atoms with E-state index in [1.165, 1.54) is 0 Å². The molecular weight excluding hydrogens is 476 g/mol. The summed E-state index contributed by atoms with van der Waals surface area (Å²) in [6.07, 6.45) is 9.89. The third-order valence-electron chi connectivity index (χ3n) is 7.78. The molecule has 8 nitrogen and oxygen atoms in total. The van der Waals surface area contributed by atoms with Crippen LogP contribution in [0.1, 0.15) is 64.9 Å². The maximum absolute atomic E-state index is 13.4. The van der Waals surface area contributed by atoms with Crippen LogP contribution in [0.15, 0.2) is 36.7 Å². The number of benzene rings is 1. The Kier molecular flexibility index (Phi) is 7.88. The van der Waals surface area contributed by atoms with Gasteiger partial charge in [0, 0.05) is 47.5 Å². The van der Waals surface area contributed by atoms with Gasteiger partial charge >= 0.3 is 6.09 Å². The summed E-state index contributed by atoms with van der Waals surface area (Å²) < 4.78 is 5.88. The van der Waals surface area contributed by atoms with Crippen molar-refractivity contribution in [3.63, 3.8) is 0 Å². The Balaban J connectivity index is 1.32. The molecule has 2 aliphatic rings. The number of nitrogens with zero attached hydrogens (tertiary/aromatic N) is 3. The van der Waals surface area contributed by atoms with E-state index in [9.17, 15) is 4.79 Å². The number of rotatable bonds is 6. The molecule has 1 saturated heterocycles. The summed E-state index contributed by atoms with van der Waals surface area (Å²) in [5.74, 6) is 1.15. The number of aromatic amines is 1. The van der Waals surface area contributed by atoms with Crippen LogP contribution in [0.2, 0.25) is 0 Å². The predicted octanol–water partition coefficient (Wildman–Crippen LogP) is 5.89. The quantitative estimate of drug-likeness (QED) is 0.376. The second-order valence-corrected chi connectivity index (χ2v) is 12.0. The molecule has 2 atom stereocenters. The lowest BCUT2D eigenvalue weighted by Crippen LogP contribution is -2.50. The lowest BCUT2D eigenvalue weighted by molar-refractivity contribution is 0.00646. The number of ether oxygens (including phenoxy) is 1. The number of piperidine rings is 1. The van der Waals surface area contributed by atoms with E-state index in [4.69, 9.17) is 9.72 Å². The molecule has 1 aliphatic heterocycles. The Hall–Kier alpha value is -3.13. The first-order valence-electron chi connectivity index (χ1n) is 14.1. The van der Waals surface area contributed by atoms with Crippen LogP contribution in [0.5, 0.6) is 0 Å². The smallest absolute Gasteiger partial charge is 0.410 e. The van der Waals surface area contributed by atoms with E-state index in [1.807, 2.05) is 44.1 Å². The highest BCUT2D eigenvalue weighted by Gasteiger charge is 2.34. The molecule has 3 heterocycles. The van der Waals surface area contributed by atoms with Gasteiger partial charge in [0.05, 0.1) is 5.69 Å². The Morgan fingerprint density at radius 2 is 1.95 bits per heavy atom. The van der Waals surface area contributed by atoms with Crippen LogP contribution in [0.3, 0.4) is 0 Å². The molecule has 3 aromatic rings. The maximum Gasteiger partial charge on any atom is 0.410 e. The minimum atomic E-state index is -0.510. The van der Waals surface area contributed by atoms with E-state index in [1.54, 1.807) is 0 Å². The molecule has 0 radical (unpaired) electrons. The van der Waals surface area contributed by atoms with Crippen molar-refractivity contribution in [3.05, 3.63) is 42.2 Å². The standard InChI is InChI=1S/C30H42N6O2/c1-20-17-33-28(35-27(20)25-18-32-26-11-6-5-10-24(25)26)34-22-8-7-9-23(16-22)36(29(37)38-30(2,3)4)19-21-12-14-31-15-13-21/h5-6,10-11,17-18,21-23,31-32H,7-9,12-16,19H2,1-4H3,(H,33,34,35)/t22-,23?/m1/s1. The maximum atomic E-state index is 13.4. The molecule has 0 spiro atoms. The first-order valence-corrected chi connectivity index (χ1v) is 14.1. The Morgan fingerprint density at radius 1 is 1.16 bits per heavy atom. The van der Waals surface area contributed by atoms with Crippen molar-refractivity contribution < 1.29 is 9.53 Å². The molecule has 38 heavy (non-hydrogen) atoms. The molecule has 1 aliphatic carbocycles. The topological polar surface area (TPSA) is 95.2 Å². The number of nitrogens with one attached hydrogen (secondary N) is 3. The molecule has 3 N–H and O–H groups in total. The molecule has 2 aromatic heterocycles. The Morgan fingerprint density at radius 3 is 2.74 bits per heavy atom. The minimum absolute atomic E-state index is 0.143. The fourth-order valence-electron chi connectivity index (χ4n) is 5.85. The van der Waals surface area contributed by atoms with E-state index < -0.39 is 5.60 Å². The van der Waals surface area contributed by atoms with E-state index in [2.05, 4.69) is 45.7 Å². The van der Waals surface area contributed by atoms with E-state index in [-0.39, 0.29) is 18.2 Å². The van der Waals surface area contributed by atoms with Gasteiger partial charge in [0.15, 0.2) is 0 Å². The zero-order valence-corrected chi connectivity index (χ0v) is 23.2. The molecule has 1 aromatic carbocycles. The molecule has 2 fully saturated rings. The minimum Gasteiger partial charge on any atom is -0.444 e.